The van der Waals surface area contributed by atoms with Gasteiger partial charge in [0.05, 0.1) is 20.3 Å². The maximum Gasteiger partial charge on any atom is 0.216 e. The van der Waals surface area contributed by atoms with E-state index in [4.69, 9.17) is 14.2 Å². The molecule has 1 aromatic carbocycles. The monoisotopic (exact) mass is 348 g/mol. The van der Waals surface area contributed by atoms with Gasteiger partial charge in [0.1, 0.15) is 5.75 Å². The molecule has 2 aliphatic heterocycles. The van der Waals surface area contributed by atoms with Crippen molar-refractivity contribution >= 4 is 5.91 Å². The Bertz CT molecular complexity index is 605. The van der Waals surface area contributed by atoms with Crippen LogP contribution in [0.2, 0.25) is 0 Å². The van der Waals surface area contributed by atoms with E-state index in [0.29, 0.717) is 19.1 Å². The van der Waals surface area contributed by atoms with Crippen LogP contribution in [-0.2, 0) is 11.3 Å². The molecule has 0 saturated carbocycles. The van der Waals surface area contributed by atoms with Gasteiger partial charge in [-0.25, -0.2) is 0 Å². The van der Waals surface area contributed by atoms with Gasteiger partial charge in [0, 0.05) is 44.6 Å². The molecule has 1 N–H and O–H groups in total. The molecule has 2 aliphatic rings. The number of methoxy groups -OCH3 is 1. The zero-order chi connectivity index (χ0) is 17.6. The number of fused-ring (bicyclic) bond motifs is 1. The molecule has 0 unspecified atom stereocenters. The Balaban J connectivity index is 1.68. The second kappa shape index (κ2) is 8.43. The quantitative estimate of drug-likeness (QED) is 0.884. The van der Waals surface area contributed by atoms with Gasteiger partial charge >= 0.3 is 0 Å². The summed E-state index contributed by atoms with van der Waals surface area (Å²) in [4.78, 5) is 13.6. The molecule has 138 valence electrons. The summed E-state index contributed by atoms with van der Waals surface area (Å²) in [6, 6.07) is 3.99. The lowest BCUT2D eigenvalue weighted by molar-refractivity contribution is -0.119. The first-order valence-electron chi connectivity index (χ1n) is 9.09. The molecule has 0 aromatic heterocycles. The second-order valence-electron chi connectivity index (χ2n) is 6.84. The number of ether oxygens (including phenoxy) is 3. The van der Waals surface area contributed by atoms with Gasteiger partial charge in [-0.15, -0.1) is 0 Å². The van der Waals surface area contributed by atoms with Gasteiger partial charge in [-0.1, -0.05) is 0 Å². The highest BCUT2D eigenvalue weighted by atomic mass is 16.5. The standard InChI is InChI=1S/C19H28N2O4/c1-14(22)20-11-15-5-3-6-21(12-15)13-16-9-18-19(10-17(16)23-2)25-8-4-7-24-18/h9-10,15H,3-8,11-13H2,1-2H3,(H,20,22)/t15-/m1/s1. The van der Waals surface area contributed by atoms with Crippen LogP contribution in [0.5, 0.6) is 17.2 Å². The molecule has 0 spiro atoms. The average molecular weight is 348 g/mol. The van der Waals surface area contributed by atoms with Gasteiger partial charge in [0.2, 0.25) is 5.91 Å². The zero-order valence-electron chi connectivity index (χ0n) is 15.2. The van der Waals surface area contributed by atoms with Crippen LogP contribution in [0.3, 0.4) is 0 Å². The third-order valence-corrected chi connectivity index (χ3v) is 4.79. The summed E-state index contributed by atoms with van der Waals surface area (Å²) >= 11 is 0. The summed E-state index contributed by atoms with van der Waals surface area (Å²) in [6.07, 6.45) is 3.20. The molecule has 1 saturated heterocycles. The number of carbonyl (C=O) groups is 1. The fourth-order valence-corrected chi connectivity index (χ4v) is 3.54. The van der Waals surface area contributed by atoms with Crippen molar-refractivity contribution in [3.8, 4) is 17.2 Å². The summed E-state index contributed by atoms with van der Waals surface area (Å²) in [5.74, 6) is 2.96. The number of nitrogens with zero attached hydrogens (tertiary/aromatic N) is 1. The molecule has 0 bridgehead atoms. The minimum absolute atomic E-state index is 0.0432. The third-order valence-electron chi connectivity index (χ3n) is 4.79. The molecular formula is C19H28N2O4. The average Bonchev–Trinajstić information content (AvgIpc) is 2.84. The molecule has 6 nitrogen and oxygen atoms in total. The number of hydrogen-bond donors (Lipinski definition) is 1. The molecule has 3 rings (SSSR count). The van der Waals surface area contributed by atoms with Gasteiger partial charge in [-0.3, -0.25) is 9.69 Å². The summed E-state index contributed by atoms with van der Waals surface area (Å²) in [7, 11) is 1.69. The molecule has 2 heterocycles. The number of carbonyl (C=O) groups excluding carboxylic acids is 1. The first kappa shape index (κ1) is 17.9. The number of amides is 1. The summed E-state index contributed by atoms with van der Waals surface area (Å²) in [6.45, 7) is 6.55. The van der Waals surface area contributed by atoms with Crippen LogP contribution < -0.4 is 19.5 Å². The summed E-state index contributed by atoms with van der Waals surface area (Å²) < 4.78 is 17.1. The van der Waals surface area contributed by atoms with Crippen molar-refractivity contribution in [2.45, 2.75) is 32.7 Å². The first-order chi connectivity index (χ1) is 12.2. The smallest absolute Gasteiger partial charge is 0.216 e. The lowest BCUT2D eigenvalue weighted by atomic mass is 9.97. The van der Waals surface area contributed by atoms with E-state index in [9.17, 15) is 4.79 Å². The van der Waals surface area contributed by atoms with Crippen molar-refractivity contribution in [3.05, 3.63) is 17.7 Å². The fourth-order valence-electron chi connectivity index (χ4n) is 3.54. The highest BCUT2D eigenvalue weighted by Gasteiger charge is 2.22. The van der Waals surface area contributed by atoms with E-state index in [-0.39, 0.29) is 5.91 Å². The minimum atomic E-state index is 0.0432. The lowest BCUT2D eigenvalue weighted by Gasteiger charge is -2.33. The molecule has 0 aliphatic carbocycles. The first-order valence-corrected chi connectivity index (χ1v) is 9.09. The van der Waals surface area contributed by atoms with Gasteiger partial charge < -0.3 is 19.5 Å². The van der Waals surface area contributed by atoms with Gasteiger partial charge in [0.25, 0.3) is 0 Å². The highest BCUT2D eigenvalue weighted by molar-refractivity contribution is 5.72. The Morgan fingerprint density at radius 2 is 2.04 bits per heavy atom. The van der Waals surface area contributed by atoms with Crippen LogP contribution in [0, 0.1) is 5.92 Å². The van der Waals surface area contributed by atoms with Crippen LogP contribution in [0.4, 0.5) is 0 Å². The van der Waals surface area contributed by atoms with Crippen LogP contribution in [0.15, 0.2) is 12.1 Å². The fraction of sp³-hybridized carbons (Fsp3) is 0.632. The zero-order valence-corrected chi connectivity index (χ0v) is 15.2. The Morgan fingerprint density at radius 3 is 2.76 bits per heavy atom. The predicted molar refractivity (Wildman–Crippen MR) is 95.3 cm³/mol. The minimum Gasteiger partial charge on any atom is -0.496 e. The normalized spacial score (nSPS) is 20.6. The van der Waals surface area contributed by atoms with Crippen molar-refractivity contribution in [2.75, 3.05) is 40.0 Å². The van der Waals surface area contributed by atoms with Crippen molar-refractivity contribution < 1.29 is 19.0 Å². The Morgan fingerprint density at radius 1 is 1.28 bits per heavy atom. The lowest BCUT2D eigenvalue weighted by Crippen LogP contribution is -2.40. The number of nitrogens with one attached hydrogen (secondary N) is 1. The number of rotatable bonds is 5. The topological polar surface area (TPSA) is 60.0 Å². The van der Waals surface area contributed by atoms with Crippen molar-refractivity contribution in [2.24, 2.45) is 5.92 Å². The van der Waals surface area contributed by atoms with Gasteiger partial charge in [0.15, 0.2) is 11.5 Å². The largest absolute Gasteiger partial charge is 0.496 e. The Hall–Kier alpha value is -1.95. The number of likely N-dealkylation sites (tertiary alicyclic amines) is 1. The molecular weight excluding hydrogens is 320 g/mol. The molecule has 1 fully saturated rings. The Labute approximate surface area is 149 Å². The predicted octanol–water partition coefficient (Wildman–Crippen LogP) is 2.20. The summed E-state index contributed by atoms with van der Waals surface area (Å²) in [5, 5.41) is 2.94. The molecule has 25 heavy (non-hydrogen) atoms. The molecule has 1 aromatic rings. The maximum absolute atomic E-state index is 11.1. The molecule has 1 amide bonds. The third kappa shape index (κ3) is 4.78. The van der Waals surface area contributed by atoms with E-state index >= 15 is 0 Å². The van der Waals surface area contributed by atoms with Crippen LogP contribution in [0.1, 0.15) is 31.7 Å². The van der Waals surface area contributed by atoms with E-state index < -0.39 is 0 Å². The van der Waals surface area contributed by atoms with E-state index in [1.807, 2.05) is 6.07 Å². The van der Waals surface area contributed by atoms with Crippen LogP contribution in [0.25, 0.3) is 0 Å². The van der Waals surface area contributed by atoms with E-state index in [0.717, 1.165) is 68.3 Å². The van der Waals surface area contributed by atoms with Crippen molar-refractivity contribution in [3.63, 3.8) is 0 Å². The Kier molecular flexibility index (Phi) is 6.02. The molecule has 6 heteroatoms. The van der Waals surface area contributed by atoms with Gasteiger partial charge in [-0.2, -0.15) is 0 Å². The highest BCUT2D eigenvalue weighted by Crippen LogP contribution is 2.37. The number of piperidine rings is 1. The second-order valence-corrected chi connectivity index (χ2v) is 6.84. The number of benzene rings is 1. The molecule has 1 atom stereocenters. The van der Waals surface area contributed by atoms with Gasteiger partial charge in [-0.05, 0) is 31.4 Å². The number of hydrogen-bond acceptors (Lipinski definition) is 5. The van der Waals surface area contributed by atoms with E-state index in [1.54, 1.807) is 14.0 Å². The van der Waals surface area contributed by atoms with E-state index in [1.165, 1.54) is 0 Å². The van der Waals surface area contributed by atoms with Crippen molar-refractivity contribution in [1.82, 2.24) is 10.2 Å². The summed E-state index contributed by atoms with van der Waals surface area (Å²) in [5.41, 5.74) is 1.12. The van der Waals surface area contributed by atoms with E-state index in [2.05, 4.69) is 16.3 Å². The van der Waals surface area contributed by atoms with Crippen LogP contribution in [-0.4, -0.2) is 50.8 Å². The van der Waals surface area contributed by atoms with Crippen LogP contribution >= 0.6 is 0 Å². The molecule has 0 radical (unpaired) electrons. The van der Waals surface area contributed by atoms with Crippen molar-refractivity contribution in [1.29, 1.82) is 0 Å². The SMILES string of the molecule is COc1cc2c(cc1CN1CCC[C@H](CNC(C)=O)C1)OCCCO2. The maximum atomic E-state index is 11.1.